The van der Waals surface area contributed by atoms with Crippen molar-refractivity contribution in [3.63, 3.8) is 0 Å². The number of aliphatic hydroxyl groups excluding tert-OH is 1. The van der Waals surface area contributed by atoms with Crippen molar-refractivity contribution in [3.8, 4) is 5.75 Å². The maximum Gasteiger partial charge on any atom is 0.297 e. The van der Waals surface area contributed by atoms with E-state index in [9.17, 15) is 14.7 Å². The number of hydrogen-bond acceptors (Lipinski definition) is 6. The normalized spacial score (nSPS) is 10.5. The summed E-state index contributed by atoms with van der Waals surface area (Å²) >= 11 is 0. The van der Waals surface area contributed by atoms with Crippen LogP contribution in [0.25, 0.3) is 0 Å². The number of pyridine rings is 1. The van der Waals surface area contributed by atoms with Crippen LogP contribution < -0.4 is 15.5 Å². The van der Waals surface area contributed by atoms with E-state index < -0.39 is 18.4 Å². The van der Waals surface area contributed by atoms with Crippen LogP contribution >= 0.6 is 0 Å². The lowest BCUT2D eigenvalue weighted by Crippen LogP contribution is -2.28. The van der Waals surface area contributed by atoms with E-state index in [-0.39, 0.29) is 35.8 Å². The maximum absolute atomic E-state index is 13.0. The second-order valence-corrected chi connectivity index (χ2v) is 8.13. The molecular weight excluding hydrogens is 470 g/mol. The lowest BCUT2D eigenvalue weighted by molar-refractivity contribution is 0.0226. The van der Waals surface area contributed by atoms with Gasteiger partial charge in [-0.3, -0.25) is 14.4 Å². The molecule has 3 aromatic carbocycles. The molecule has 1 aromatic heterocycles. The number of hydrogen-bond donors (Lipinski definition) is 3. The summed E-state index contributed by atoms with van der Waals surface area (Å²) in [5.41, 5.74) is 5.17. The molecule has 0 aliphatic carbocycles. The van der Waals surface area contributed by atoms with Crippen molar-refractivity contribution in [2.75, 3.05) is 0 Å². The lowest BCUT2D eigenvalue weighted by Gasteiger charge is -2.17. The second kappa shape index (κ2) is 13.0. The van der Waals surface area contributed by atoms with E-state index in [0.717, 1.165) is 16.7 Å². The van der Waals surface area contributed by atoms with Crippen LogP contribution in [0.1, 0.15) is 43.1 Å². The number of nitrogens with zero attached hydrogens (tertiary/aromatic N) is 1. The molecule has 0 bridgehead atoms. The number of carbonyl (C=O) groups is 2. The molecule has 4 rings (SSSR count). The average molecular weight is 498 g/mol. The summed E-state index contributed by atoms with van der Waals surface area (Å²) in [6.45, 7) is 0.0155. The Morgan fingerprint density at radius 2 is 1.32 bits per heavy atom. The van der Waals surface area contributed by atoms with Gasteiger partial charge in [-0.1, -0.05) is 91.0 Å². The number of benzene rings is 3. The number of hydroxylamine groups is 1. The molecule has 0 radical (unpaired) electrons. The first-order valence-electron chi connectivity index (χ1n) is 11.7. The fourth-order valence-corrected chi connectivity index (χ4v) is 3.61. The molecule has 0 saturated heterocycles. The molecule has 8 nitrogen and oxygen atoms in total. The molecule has 0 aliphatic rings. The first-order valence-corrected chi connectivity index (χ1v) is 11.7. The third-order valence-corrected chi connectivity index (χ3v) is 5.52. The van der Waals surface area contributed by atoms with Crippen molar-refractivity contribution < 1.29 is 24.3 Å². The van der Waals surface area contributed by atoms with E-state index in [1.165, 1.54) is 6.20 Å². The van der Waals surface area contributed by atoms with Crippen molar-refractivity contribution in [1.82, 2.24) is 15.8 Å². The minimum atomic E-state index is -0.662. The molecule has 8 heteroatoms. The topological polar surface area (TPSA) is 110 Å². The van der Waals surface area contributed by atoms with Gasteiger partial charge in [0.15, 0.2) is 11.4 Å². The molecule has 0 atom stereocenters. The molecule has 37 heavy (non-hydrogen) atoms. The van der Waals surface area contributed by atoms with E-state index in [2.05, 4.69) is 15.8 Å². The van der Waals surface area contributed by atoms with E-state index in [1.54, 1.807) is 0 Å². The first kappa shape index (κ1) is 25.6. The number of ether oxygens (including phenoxy) is 1. The zero-order chi connectivity index (χ0) is 25.9. The highest BCUT2D eigenvalue weighted by atomic mass is 16.6. The molecule has 3 N–H and O–H groups in total. The molecule has 0 saturated carbocycles. The van der Waals surface area contributed by atoms with Gasteiger partial charge in [-0.2, -0.15) is 0 Å². The van der Waals surface area contributed by atoms with Crippen LogP contribution in [0.3, 0.4) is 0 Å². The van der Waals surface area contributed by atoms with Crippen molar-refractivity contribution >= 4 is 11.8 Å². The van der Waals surface area contributed by atoms with Crippen molar-refractivity contribution in [1.29, 1.82) is 0 Å². The summed E-state index contributed by atoms with van der Waals surface area (Å²) in [6, 6.07) is 28.1. The van der Waals surface area contributed by atoms with Crippen molar-refractivity contribution in [2.24, 2.45) is 0 Å². The first-order chi connectivity index (χ1) is 18.2. The molecule has 0 aliphatic heterocycles. The molecule has 188 valence electrons. The number of aliphatic hydroxyl groups is 1. The highest BCUT2D eigenvalue weighted by molar-refractivity contribution is 5.99. The van der Waals surface area contributed by atoms with Gasteiger partial charge in [0, 0.05) is 18.3 Å². The van der Waals surface area contributed by atoms with Gasteiger partial charge in [0.1, 0.15) is 6.61 Å². The highest BCUT2D eigenvalue weighted by Crippen LogP contribution is 2.27. The molecule has 0 spiro atoms. The van der Waals surface area contributed by atoms with E-state index >= 15 is 0 Å². The Kier molecular flexibility index (Phi) is 8.96. The summed E-state index contributed by atoms with van der Waals surface area (Å²) in [5.74, 6) is -1.10. The van der Waals surface area contributed by atoms with Crippen LogP contribution in [0.15, 0.2) is 97.2 Å². The Bertz CT molecular complexity index is 1320. The van der Waals surface area contributed by atoms with Crippen LogP contribution in [-0.4, -0.2) is 21.9 Å². The molecule has 0 unspecified atom stereocenters. The maximum atomic E-state index is 13.0. The standard InChI is InChI=1S/C29H27N3O5/c33-18-25-24(28(34)31-16-21-10-4-1-5-11-21)17-30-26(27(25)36-19-22-12-6-2-7-13-22)29(35)32-37-20-23-14-8-3-9-15-23/h1-15,17,33H,16,18-20H2,(H,31,34)(H,32,35). The second-order valence-electron chi connectivity index (χ2n) is 8.13. The van der Waals surface area contributed by atoms with E-state index in [1.807, 2.05) is 91.0 Å². The fraction of sp³-hybridized carbons (Fsp3) is 0.138. The summed E-state index contributed by atoms with van der Waals surface area (Å²) in [5, 5.41) is 13.0. The van der Waals surface area contributed by atoms with Gasteiger partial charge in [0.2, 0.25) is 0 Å². The minimum Gasteiger partial charge on any atom is -0.486 e. The Morgan fingerprint density at radius 3 is 1.92 bits per heavy atom. The van der Waals surface area contributed by atoms with Crippen LogP contribution in [0.2, 0.25) is 0 Å². The van der Waals surface area contributed by atoms with Crippen LogP contribution in [0, 0.1) is 0 Å². The number of aromatic nitrogens is 1. The lowest BCUT2D eigenvalue weighted by atomic mass is 10.1. The Hall–Kier alpha value is -4.53. The molecule has 1 heterocycles. The predicted octanol–water partition coefficient (Wildman–Crippen LogP) is 3.94. The summed E-state index contributed by atoms with van der Waals surface area (Å²) in [7, 11) is 0. The molecule has 2 amide bonds. The summed E-state index contributed by atoms with van der Waals surface area (Å²) in [6.07, 6.45) is 1.26. The van der Waals surface area contributed by atoms with Gasteiger partial charge in [0.25, 0.3) is 11.8 Å². The third-order valence-electron chi connectivity index (χ3n) is 5.52. The van der Waals surface area contributed by atoms with Crippen LogP contribution in [0.5, 0.6) is 5.75 Å². The zero-order valence-electron chi connectivity index (χ0n) is 20.1. The van der Waals surface area contributed by atoms with Crippen LogP contribution in [0.4, 0.5) is 0 Å². The number of amides is 2. The Balaban J connectivity index is 1.56. The van der Waals surface area contributed by atoms with Gasteiger partial charge in [0.05, 0.1) is 18.8 Å². The number of carbonyl (C=O) groups excluding carboxylic acids is 2. The van der Waals surface area contributed by atoms with E-state index in [4.69, 9.17) is 9.57 Å². The molecule has 0 fully saturated rings. The predicted molar refractivity (Wildman–Crippen MR) is 137 cm³/mol. The van der Waals surface area contributed by atoms with E-state index in [0.29, 0.717) is 6.54 Å². The van der Waals surface area contributed by atoms with Crippen molar-refractivity contribution in [2.45, 2.75) is 26.4 Å². The Labute approximate surface area is 214 Å². The monoisotopic (exact) mass is 497 g/mol. The molecular formula is C29H27N3O5. The highest BCUT2D eigenvalue weighted by Gasteiger charge is 2.24. The SMILES string of the molecule is O=C(NCc1ccccc1)c1cnc(C(=O)NOCc2ccccc2)c(OCc2ccccc2)c1CO. The minimum absolute atomic E-state index is 0.0134. The van der Waals surface area contributed by atoms with Crippen LogP contribution in [-0.2, 0) is 31.2 Å². The summed E-state index contributed by atoms with van der Waals surface area (Å²) in [4.78, 5) is 35.5. The zero-order valence-corrected chi connectivity index (χ0v) is 20.1. The average Bonchev–Trinajstić information content (AvgIpc) is 2.95. The fourth-order valence-electron chi connectivity index (χ4n) is 3.61. The smallest absolute Gasteiger partial charge is 0.297 e. The largest absolute Gasteiger partial charge is 0.486 e. The van der Waals surface area contributed by atoms with Gasteiger partial charge in [-0.05, 0) is 16.7 Å². The van der Waals surface area contributed by atoms with Gasteiger partial charge in [-0.25, -0.2) is 10.5 Å². The summed E-state index contributed by atoms with van der Waals surface area (Å²) < 4.78 is 5.97. The number of rotatable bonds is 11. The van der Waals surface area contributed by atoms with Gasteiger partial charge >= 0.3 is 0 Å². The van der Waals surface area contributed by atoms with Gasteiger partial charge < -0.3 is 15.2 Å². The van der Waals surface area contributed by atoms with Gasteiger partial charge in [-0.15, -0.1) is 0 Å². The molecule has 4 aromatic rings. The number of nitrogens with one attached hydrogen (secondary N) is 2. The Morgan fingerprint density at radius 1 is 0.757 bits per heavy atom. The third kappa shape index (κ3) is 7.00. The quantitative estimate of drug-likeness (QED) is 0.271. The van der Waals surface area contributed by atoms with Crippen molar-refractivity contribution in [3.05, 3.63) is 131 Å².